The molecule has 0 fully saturated rings. The maximum atomic E-state index is 13.5. The lowest BCUT2D eigenvalue weighted by molar-refractivity contribution is -0.165. The summed E-state index contributed by atoms with van der Waals surface area (Å²) in [5, 5.41) is 2.86. The average molecular weight is 470 g/mol. The number of carbonyl (C=O) groups is 1. The second-order valence-corrected chi connectivity index (χ2v) is 7.72. The van der Waals surface area contributed by atoms with E-state index in [-0.39, 0.29) is 24.5 Å². The number of aryl methyl sites for hydroxylation is 1. The van der Waals surface area contributed by atoms with E-state index in [2.05, 4.69) is 5.32 Å². The Morgan fingerprint density at radius 2 is 1.66 bits per heavy atom. The molecule has 0 radical (unpaired) electrons. The molecular weight excluding hydrogens is 436 g/mol. The van der Waals surface area contributed by atoms with E-state index in [1.165, 1.54) is 6.20 Å². The van der Waals surface area contributed by atoms with Gasteiger partial charge in [-0.3, -0.25) is 4.79 Å². The quantitative estimate of drug-likeness (QED) is 0.197. The SMILES string of the molecule is CCCCN/C(=C\C(=O)C(F)(F)F)CN(CCCC)c1cc(C(F)(F)F)n(CCCC)c1. The minimum absolute atomic E-state index is 0.0340. The van der Waals surface area contributed by atoms with Crippen LogP contribution in [0.1, 0.15) is 65.0 Å². The van der Waals surface area contributed by atoms with Crippen LogP contribution in [0.15, 0.2) is 24.0 Å². The predicted octanol–water partition coefficient (Wildman–Crippen LogP) is 6.32. The number of hydrogen-bond acceptors (Lipinski definition) is 3. The average Bonchev–Trinajstić information content (AvgIpc) is 3.13. The van der Waals surface area contributed by atoms with Crippen LogP contribution in [-0.4, -0.2) is 36.2 Å². The van der Waals surface area contributed by atoms with Crippen LogP contribution < -0.4 is 10.2 Å². The van der Waals surface area contributed by atoms with Crippen molar-refractivity contribution in [1.29, 1.82) is 0 Å². The fourth-order valence-corrected chi connectivity index (χ4v) is 3.09. The van der Waals surface area contributed by atoms with Crippen molar-refractivity contribution in [3.63, 3.8) is 0 Å². The summed E-state index contributed by atoms with van der Waals surface area (Å²) in [6.07, 6.45) is -3.52. The molecule has 4 nitrogen and oxygen atoms in total. The molecule has 0 aromatic carbocycles. The number of halogens is 6. The monoisotopic (exact) mass is 469 g/mol. The maximum absolute atomic E-state index is 13.5. The van der Waals surface area contributed by atoms with Crippen LogP contribution in [0.5, 0.6) is 0 Å². The van der Waals surface area contributed by atoms with Gasteiger partial charge >= 0.3 is 12.4 Å². The molecule has 0 saturated heterocycles. The topological polar surface area (TPSA) is 37.3 Å². The van der Waals surface area contributed by atoms with Crippen molar-refractivity contribution in [3.05, 3.63) is 29.7 Å². The first-order chi connectivity index (χ1) is 14.9. The van der Waals surface area contributed by atoms with E-state index in [9.17, 15) is 31.1 Å². The molecule has 0 spiro atoms. The molecule has 0 aliphatic heterocycles. The largest absolute Gasteiger partial charge is 0.454 e. The fourth-order valence-electron chi connectivity index (χ4n) is 3.09. The van der Waals surface area contributed by atoms with Crippen LogP contribution in [0, 0.1) is 0 Å². The van der Waals surface area contributed by atoms with E-state index >= 15 is 0 Å². The molecule has 184 valence electrons. The first-order valence-corrected chi connectivity index (χ1v) is 11.0. The zero-order valence-electron chi connectivity index (χ0n) is 18.9. The number of nitrogens with one attached hydrogen (secondary N) is 1. The Kier molecular flexibility index (Phi) is 11.2. The Labute approximate surface area is 185 Å². The molecule has 32 heavy (non-hydrogen) atoms. The molecule has 0 atom stereocenters. The zero-order chi connectivity index (χ0) is 24.4. The van der Waals surface area contributed by atoms with E-state index in [1.54, 1.807) is 4.90 Å². The maximum Gasteiger partial charge on any atom is 0.454 e. The highest BCUT2D eigenvalue weighted by Gasteiger charge is 2.37. The molecule has 1 N–H and O–H groups in total. The number of allylic oxidation sites excluding steroid dienone is 1. The Bertz CT molecular complexity index is 737. The van der Waals surface area contributed by atoms with Gasteiger partial charge in [0.2, 0.25) is 0 Å². The van der Waals surface area contributed by atoms with Gasteiger partial charge in [0.1, 0.15) is 5.69 Å². The van der Waals surface area contributed by atoms with Gasteiger partial charge in [-0.1, -0.05) is 40.0 Å². The zero-order valence-corrected chi connectivity index (χ0v) is 18.9. The third-order valence-electron chi connectivity index (χ3n) is 4.90. The van der Waals surface area contributed by atoms with Gasteiger partial charge in [0, 0.05) is 37.6 Å². The summed E-state index contributed by atoms with van der Waals surface area (Å²) >= 11 is 0. The number of ketones is 1. The lowest BCUT2D eigenvalue weighted by Crippen LogP contribution is -2.33. The molecular formula is C22H33F6N3O. The lowest BCUT2D eigenvalue weighted by Gasteiger charge is -2.25. The molecule has 1 aromatic heterocycles. The minimum atomic E-state index is -5.02. The van der Waals surface area contributed by atoms with Crippen LogP contribution in [0.2, 0.25) is 0 Å². The number of alkyl halides is 6. The van der Waals surface area contributed by atoms with Crippen molar-refractivity contribution in [2.75, 3.05) is 24.5 Å². The number of carbonyl (C=O) groups excluding carboxylic acids is 1. The Morgan fingerprint density at radius 3 is 2.19 bits per heavy atom. The molecule has 1 rings (SSSR count). The molecule has 0 unspecified atom stereocenters. The second kappa shape index (κ2) is 12.8. The van der Waals surface area contributed by atoms with E-state index in [1.807, 2.05) is 20.8 Å². The van der Waals surface area contributed by atoms with Crippen molar-refractivity contribution in [1.82, 2.24) is 9.88 Å². The number of hydrogen-bond donors (Lipinski definition) is 1. The number of aromatic nitrogens is 1. The lowest BCUT2D eigenvalue weighted by atomic mass is 10.2. The summed E-state index contributed by atoms with van der Waals surface area (Å²) in [7, 11) is 0. The van der Waals surface area contributed by atoms with Gasteiger partial charge in [0.25, 0.3) is 5.78 Å². The van der Waals surface area contributed by atoms with Gasteiger partial charge in [0.05, 0.1) is 12.2 Å². The molecule has 0 aliphatic carbocycles. The number of nitrogens with zero attached hydrogens (tertiary/aromatic N) is 2. The van der Waals surface area contributed by atoms with Gasteiger partial charge in [-0.05, 0) is 25.3 Å². The Balaban J connectivity index is 3.29. The van der Waals surface area contributed by atoms with Crippen LogP contribution in [-0.2, 0) is 17.5 Å². The molecule has 0 bridgehead atoms. The number of unbranched alkanes of at least 4 members (excludes halogenated alkanes) is 3. The first kappa shape index (κ1) is 27.9. The standard InChI is InChI=1S/C22H33F6N3O/c1-4-7-10-29-17(13-20(32)22(26,27)28)15-30(11-8-5-2)18-14-19(21(23,24)25)31(16-18)12-9-6-3/h13-14,16,29H,4-12,15H2,1-3H3/b17-13-. The number of anilines is 1. The van der Waals surface area contributed by atoms with Crippen molar-refractivity contribution in [2.24, 2.45) is 0 Å². The second-order valence-electron chi connectivity index (χ2n) is 7.72. The highest BCUT2D eigenvalue weighted by molar-refractivity contribution is 5.95. The van der Waals surface area contributed by atoms with E-state index in [0.717, 1.165) is 29.9 Å². The molecule has 1 aromatic rings. The van der Waals surface area contributed by atoms with E-state index < -0.39 is 23.8 Å². The van der Waals surface area contributed by atoms with Crippen LogP contribution in [0.25, 0.3) is 0 Å². The number of rotatable bonds is 14. The summed E-state index contributed by atoms with van der Waals surface area (Å²) in [5.41, 5.74) is -0.491. The third kappa shape index (κ3) is 9.16. The van der Waals surface area contributed by atoms with Crippen LogP contribution >= 0.6 is 0 Å². The predicted molar refractivity (Wildman–Crippen MR) is 114 cm³/mol. The summed E-state index contributed by atoms with van der Waals surface area (Å²) in [4.78, 5) is 13.1. The van der Waals surface area contributed by atoms with Crippen molar-refractivity contribution >= 4 is 11.5 Å². The summed E-state index contributed by atoms with van der Waals surface area (Å²) in [5.74, 6) is -2.00. The normalized spacial score (nSPS) is 12.8. The minimum Gasteiger partial charge on any atom is -0.387 e. The highest BCUT2D eigenvalue weighted by Crippen LogP contribution is 2.34. The molecule has 0 saturated carbocycles. The molecule has 10 heteroatoms. The van der Waals surface area contributed by atoms with Gasteiger partial charge in [-0.25, -0.2) is 0 Å². The van der Waals surface area contributed by atoms with Crippen molar-refractivity contribution < 1.29 is 31.1 Å². The molecule has 0 amide bonds. The fraction of sp³-hybridized carbons (Fsp3) is 0.682. The van der Waals surface area contributed by atoms with E-state index in [0.29, 0.717) is 38.4 Å². The van der Waals surface area contributed by atoms with Gasteiger partial charge < -0.3 is 14.8 Å². The van der Waals surface area contributed by atoms with E-state index in [4.69, 9.17) is 0 Å². The van der Waals surface area contributed by atoms with Gasteiger partial charge in [0.15, 0.2) is 0 Å². The summed E-state index contributed by atoms with van der Waals surface area (Å²) in [6, 6.07) is 1.03. The Hall–Kier alpha value is -2.13. The van der Waals surface area contributed by atoms with Gasteiger partial charge in [-0.15, -0.1) is 0 Å². The van der Waals surface area contributed by atoms with Crippen LogP contribution in [0.4, 0.5) is 32.0 Å². The van der Waals surface area contributed by atoms with Gasteiger partial charge in [-0.2, -0.15) is 26.3 Å². The summed E-state index contributed by atoms with van der Waals surface area (Å²) < 4.78 is 80.2. The smallest absolute Gasteiger partial charge is 0.387 e. The third-order valence-corrected chi connectivity index (χ3v) is 4.90. The van der Waals surface area contributed by atoms with Crippen molar-refractivity contribution in [3.8, 4) is 0 Å². The Morgan fingerprint density at radius 1 is 1.03 bits per heavy atom. The highest BCUT2D eigenvalue weighted by atomic mass is 19.4. The van der Waals surface area contributed by atoms with Crippen LogP contribution in [0.3, 0.4) is 0 Å². The first-order valence-electron chi connectivity index (χ1n) is 11.0. The van der Waals surface area contributed by atoms with Crippen molar-refractivity contribution in [2.45, 2.75) is 78.2 Å². The molecule has 0 aliphatic rings. The molecule has 1 heterocycles. The summed E-state index contributed by atoms with van der Waals surface area (Å²) in [6.45, 7) is 6.48.